The van der Waals surface area contributed by atoms with Gasteiger partial charge in [-0.3, -0.25) is 4.79 Å². The van der Waals surface area contributed by atoms with Gasteiger partial charge in [-0.25, -0.2) is 0 Å². The molecule has 0 unspecified atom stereocenters. The second-order valence-electron chi connectivity index (χ2n) is 3.69. The van der Waals surface area contributed by atoms with Gasteiger partial charge in [0.2, 0.25) is 0 Å². The van der Waals surface area contributed by atoms with E-state index in [0.717, 1.165) is 29.7 Å². The van der Waals surface area contributed by atoms with E-state index in [2.05, 4.69) is 6.07 Å². The molecule has 74 valence electrons. The number of nitrogens with zero attached hydrogens (tertiary/aromatic N) is 1. The highest BCUT2D eigenvalue weighted by molar-refractivity contribution is 5.98. The van der Waals surface area contributed by atoms with E-state index in [-0.39, 0.29) is 5.91 Å². The van der Waals surface area contributed by atoms with Crippen LogP contribution in [0.4, 0.5) is 0 Å². The Morgan fingerprint density at radius 3 is 3.00 bits per heavy atom. The molecular formula is C11H14N2O. The van der Waals surface area contributed by atoms with E-state index < -0.39 is 0 Å². The minimum Gasteiger partial charge on any atom is -0.337 e. The van der Waals surface area contributed by atoms with Crippen molar-refractivity contribution in [3.8, 4) is 0 Å². The molecule has 1 aromatic carbocycles. The van der Waals surface area contributed by atoms with Crippen LogP contribution >= 0.6 is 0 Å². The highest BCUT2D eigenvalue weighted by atomic mass is 16.2. The molecule has 14 heavy (non-hydrogen) atoms. The smallest absolute Gasteiger partial charge is 0.254 e. The lowest BCUT2D eigenvalue weighted by atomic mass is 10.0. The highest BCUT2D eigenvalue weighted by Crippen LogP contribution is 2.22. The molecule has 1 amide bonds. The standard InChI is InChI=1S/C11H14N2O/c1-13-7-9-3-2-8(4-5-12)6-10(9)11(13)14/h2-3,6H,4-5,7,12H2,1H3. The molecule has 0 saturated heterocycles. The van der Waals surface area contributed by atoms with Crippen LogP contribution in [0, 0.1) is 0 Å². The SMILES string of the molecule is CN1Cc2ccc(CCN)cc2C1=O. The van der Waals surface area contributed by atoms with E-state index in [1.165, 1.54) is 0 Å². The van der Waals surface area contributed by atoms with E-state index in [9.17, 15) is 4.79 Å². The summed E-state index contributed by atoms with van der Waals surface area (Å²) in [6, 6.07) is 6.05. The molecule has 2 rings (SSSR count). The van der Waals surface area contributed by atoms with Crippen LogP contribution in [-0.4, -0.2) is 24.4 Å². The van der Waals surface area contributed by atoms with E-state index >= 15 is 0 Å². The maximum absolute atomic E-state index is 11.6. The number of carbonyl (C=O) groups is 1. The van der Waals surface area contributed by atoms with E-state index in [1.54, 1.807) is 4.90 Å². The van der Waals surface area contributed by atoms with Gasteiger partial charge in [0.05, 0.1) is 0 Å². The third-order valence-corrected chi connectivity index (χ3v) is 2.59. The number of rotatable bonds is 2. The van der Waals surface area contributed by atoms with Crippen molar-refractivity contribution in [2.75, 3.05) is 13.6 Å². The van der Waals surface area contributed by atoms with E-state index in [4.69, 9.17) is 5.73 Å². The maximum Gasteiger partial charge on any atom is 0.254 e. The molecule has 1 aliphatic rings. The van der Waals surface area contributed by atoms with Gasteiger partial charge in [0.25, 0.3) is 5.91 Å². The third kappa shape index (κ3) is 1.40. The van der Waals surface area contributed by atoms with Crippen LogP contribution in [0.3, 0.4) is 0 Å². The molecule has 1 aromatic rings. The Bertz CT molecular complexity index is 374. The molecule has 0 aliphatic carbocycles. The molecule has 0 fully saturated rings. The van der Waals surface area contributed by atoms with Gasteiger partial charge in [-0.1, -0.05) is 12.1 Å². The molecule has 0 spiro atoms. The first-order valence-electron chi connectivity index (χ1n) is 4.79. The second-order valence-corrected chi connectivity index (χ2v) is 3.69. The molecule has 0 atom stereocenters. The van der Waals surface area contributed by atoms with E-state index in [1.807, 2.05) is 19.2 Å². The molecule has 0 radical (unpaired) electrons. The predicted molar refractivity (Wildman–Crippen MR) is 55.0 cm³/mol. The van der Waals surface area contributed by atoms with Crippen molar-refractivity contribution in [2.24, 2.45) is 5.73 Å². The first-order valence-corrected chi connectivity index (χ1v) is 4.79. The quantitative estimate of drug-likeness (QED) is 0.748. The second kappa shape index (κ2) is 3.42. The van der Waals surface area contributed by atoms with Gasteiger partial charge in [0.1, 0.15) is 0 Å². The van der Waals surface area contributed by atoms with Gasteiger partial charge in [-0.15, -0.1) is 0 Å². The maximum atomic E-state index is 11.6. The normalized spacial score (nSPS) is 14.7. The minimum absolute atomic E-state index is 0.124. The zero-order valence-electron chi connectivity index (χ0n) is 8.29. The number of carbonyl (C=O) groups excluding carboxylic acids is 1. The lowest BCUT2D eigenvalue weighted by Gasteiger charge is -2.04. The van der Waals surface area contributed by atoms with Gasteiger partial charge in [0.15, 0.2) is 0 Å². The Hall–Kier alpha value is -1.35. The van der Waals surface area contributed by atoms with Crippen molar-refractivity contribution in [1.82, 2.24) is 4.90 Å². The van der Waals surface area contributed by atoms with Crippen LogP contribution in [0.25, 0.3) is 0 Å². The zero-order valence-corrected chi connectivity index (χ0v) is 8.29. The molecule has 0 aromatic heterocycles. The van der Waals surface area contributed by atoms with Crippen molar-refractivity contribution < 1.29 is 4.79 Å². The monoisotopic (exact) mass is 190 g/mol. The Labute approximate surface area is 83.5 Å². The summed E-state index contributed by atoms with van der Waals surface area (Å²) in [5.41, 5.74) is 8.59. The number of hydrogen-bond donors (Lipinski definition) is 1. The number of amides is 1. The van der Waals surface area contributed by atoms with E-state index in [0.29, 0.717) is 6.54 Å². The molecule has 2 N–H and O–H groups in total. The topological polar surface area (TPSA) is 46.3 Å². The summed E-state index contributed by atoms with van der Waals surface area (Å²) in [5.74, 6) is 0.124. The van der Waals surface area contributed by atoms with Crippen molar-refractivity contribution in [1.29, 1.82) is 0 Å². The average Bonchev–Trinajstić information content (AvgIpc) is 2.45. The van der Waals surface area contributed by atoms with Crippen LogP contribution in [0.2, 0.25) is 0 Å². The van der Waals surface area contributed by atoms with Crippen LogP contribution in [0.1, 0.15) is 21.5 Å². The highest BCUT2D eigenvalue weighted by Gasteiger charge is 2.23. The first kappa shape index (κ1) is 9.21. The minimum atomic E-state index is 0.124. The van der Waals surface area contributed by atoms with Gasteiger partial charge in [-0.2, -0.15) is 0 Å². The fourth-order valence-electron chi connectivity index (χ4n) is 1.82. The fraction of sp³-hybridized carbons (Fsp3) is 0.364. The van der Waals surface area contributed by atoms with Crippen molar-refractivity contribution >= 4 is 5.91 Å². The van der Waals surface area contributed by atoms with Crippen LogP contribution in [-0.2, 0) is 13.0 Å². The number of hydrogen-bond acceptors (Lipinski definition) is 2. The largest absolute Gasteiger partial charge is 0.337 e. The van der Waals surface area contributed by atoms with Gasteiger partial charge in [-0.05, 0) is 30.2 Å². The average molecular weight is 190 g/mol. The summed E-state index contributed by atoms with van der Waals surface area (Å²) in [6.07, 6.45) is 0.838. The predicted octanol–water partition coefficient (Wildman–Crippen LogP) is 0.773. The molecule has 3 heteroatoms. The van der Waals surface area contributed by atoms with Crippen molar-refractivity contribution in [3.63, 3.8) is 0 Å². The summed E-state index contributed by atoms with van der Waals surface area (Å²) in [5, 5.41) is 0. The number of benzene rings is 1. The van der Waals surface area contributed by atoms with Crippen LogP contribution < -0.4 is 5.73 Å². The fourth-order valence-corrected chi connectivity index (χ4v) is 1.82. The lowest BCUT2D eigenvalue weighted by molar-refractivity contribution is 0.0816. The zero-order chi connectivity index (χ0) is 10.1. The molecule has 1 heterocycles. The summed E-state index contributed by atoms with van der Waals surface area (Å²) in [7, 11) is 1.82. The molecule has 3 nitrogen and oxygen atoms in total. The number of nitrogens with two attached hydrogens (primary N) is 1. The third-order valence-electron chi connectivity index (χ3n) is 2.59. The first-order chi connectivity index (χ1) is 6.72. The Kier molecular flexibility index (Phi) is 2.25. The number of fused-ring (bicyclic) bond motifs is 1. The molecular weight excluding hydrogens is 176 g/mol. The van der Waals surface area contributed by atoms with Gasteiger partial charge >= 0.3 is 0 Å². The summed E-state index contributed by atoms with van der Waals surface area (Å²) >= 11 is 0. The Morgan fingerprint density at radius 1 is 1.50 bits per heavy atom. The van der Waals surface area contributed by atoms with Gasteiger partial charge in [0, 0.05) is 19.2 Å². The van der Waals surface area contributed by atoms with Crippen molar-refractivity contribution in [2.45, 2.75) is 13.0 Å². The van der Waals surface area contributed by atoms with Crippen LogP contribution in [0.15, 0.2) is 18.2 Å². The Balaban J connectivity index is 2.36. The lowest BCUT2D eigenvalue weighted by Crippen LogP contribution is -2.17. The summed E-state index contributed by atoms with van der Waals surface area (Å²) in [6.45, 7) is 1.36. The molecule has 0 saturated carbocycles. The van der Waals surface area contributed by atoms with Gasteiger partial charge < -0.3 is 10.6 Å². The van der Waals surface area contributed by atoms with Crippen LogP contribution in [0.5, 0.6) is 0 Å². The Morgan fingerprint density at radius 2 is 2.29 bits per heavy atom. The summed E-state index contributed by atoms with van der Waals surface area (Å²) in [4.78, 5) is 13.4. The van der Waals surface area contributed by atoms with Crippen molar-refractivity contribution in [3.05, 3.63) is 34.9 Å². The summed E-state index contributed by atoms with van der Waals surface area (Å²) < 4.78 is 0. The molecule has 1 aliphatic heterocycles. The molecule has 0 bridgehead atoms.